The summed E-state index contributed by atoms with van der Waals surface area (Å²) in [7, 11) is -4.15. The van der Waals surface area contributed by atoms with Crippen LogP contribution in [-0.4, -0.2) is 43.5 Å². The maximum absolute atomic E-state index is 12.8. The smallest absolute Gasteiger partial charge is 0.341 e. The standard InChI is InChI=1S/C18H14BrNO6S2/c1-2-26-18(23)13(9-11-7-8-16(19)27-11)14(21)10-20-17(22)12-5-3-4-6-15(12)28(20,24)25/h3-9H,2,10H2,1H3/b13-9-. The minimum Gasteiger partial charge on any atom is -0.462 e. The Balaban J connectivity index is 1.94. The Morgan fingerprint density at radius 2 is 1.93 bits per heavy atom. The van der Waals surface area contributed by atoms with Gasteiger partial charge in [0.05, 0.1) is 16.0 Å². The van der Waals surface area contributed by atoms with E-state index in [9.17, 15) is 22.8 Å². The fraction of sp³-hybridized carbons (Fsp3) is 0.167. The molecule has 7 nitrogen and oxygen atoms in total. The van der Waals surface area contributed by atoms with Gasteiger partial charge in [-0.2, -0.15) is 0 Å². The fourth-order valence-corrected chi connectivity index (χ4v) is 5.51. The zero-order valence-corrected chi connectivity index (χ0v) is 17.8. The highest BCUT2D eigenvalue weighted by Crippen LogP contribution is 2.30. The van der Waals surface area contributed by atoms with E-state index in [0.717, 1.165) is 3.79 Å². The number of hydrogen-bond donors (Lipinski definition) is 0. The van der Waals surface area contributed by atoms with Gasteiger partial charge in [-0.3, -0.25) is 9.59 Å². The van der Waals surface area contributed by atoms with Crippen molar-refractivity contribution in [2.75, 3.05) is 13.2 Å². The normalized spacial score (nSPS) is 15.4. The largest absolute Gasteiger partial charge is 0.462 e. The molecule has 0 saturated heterocycles. The molecule has 10 heteroatoms. The van der Waals surface area contributed by atoms with Crippen molar-refractivity contribution in [3.8, 4) is 0 Å². The first-order valence-electron chi connectivity index (χ1n) is 8.09. The zero-order chi connectivity index (χ0) is 20.5. The maximum Gasteiger partial charge on any atom is 0.341 e. The van der Waals surface area contributed by atoms with Gasteiger partial charge >= 0.3 is 5.97 Å². The summed E-state index contributed by atoms with van der Waals surface area (Å²) in [6.45, 7) is 0.851. The van der Waals surface area contributed by atoms with Crippen molar-refractivity contribution in [2.24, 2.45) is 0 Å². The van der Waals surface area contributed by atoms with E-state index in [1.807, 2.05) is 0 Å². The van der Waals surface area contributed by atoms with Crippen LogP contribution in [0.4, 0.5) is 0 Å². The average Bonchev–Trinajstić information content (AvgIpc) is 3.15. The number of nitrogens with zero attached hydrogens (tertiary/aromatic N) is 1. The Morgan fingerprint density at radius 3 is 2.54 bits per heavy atom. The number of esters is 1. The SMILES string of the molecule is CCOC(=O)/C(=C\c1ccc(Br)s1)C(=O)CN1C(=O)c2ccccc2S1(=O)=O. The van der Waals surface area contributed by atoms with E-state index >= 15 is 0 Å². The lowest BCUT2D eigenvalue weighted by atomic mass is 10.1. The number of rotatable bonds is 6. The van der Waals surface area contributed by atoms with Gasteiger partial charge in [0.1, 0.15) is 17.0 Å². The van der Waals surface area contributed by atoms with Crippen molar-refractivity contribution in [3.05, 3.63) is 56.2 Å². The molecule has 0 unspecified atom stereocenters. The third kappa shape index (κ3) is 3.80. The van der Waals surface area contributed by atoms with Crippen LogP contribution in [0.3, 0.4) is 0 Å². The number of carbonyl (C=O) groups excluding carboxylic acids is 3. The summed E-state index contributed by atoms with van der Waals surface area (Å²) in [6, 6.07) is 9.15. The first kappa shape index (κ1) is 20.4. The van der Waals surface area contributed by atoms with Gasteiger partial charge in [0.2, 0.25) is 0 Å². The molecular formula is C18H14BrNO6S2. The second-order valence-electron chi connectivity index (χ2n) is 5.66. The van der Waals surface area contributed by atoms with Gasteiger partial charge in [-0.15, -0.1) is 11.3 Å². The van der Waals surface area contributed by atoms with Crippen LogP contribution in [0.25, 0.3) is 6.08 Å². The Hall–Kier alpha value is -2.30. The van der Waals surface area contributed by atoms with Crippen molar-refractivity contribution in [1.29, 1.82) is 0 Å². The summed E-state index contributed by atoms with van der Waals surface area (Å²) in [5.74, 6) is -2.50. The summed E-state index contributed by atoms with van der Waals surface area (Å²) in [6.07, 6.45) is 1.33. The number of benzene rings is 1. The lowest BCUT2D eigenvalue weighted by molar-refractivity contribution is -0.139. The van der Waals surface area contributed by atoms with Crippen molar-refractivity contribution < 1.29 is 27.5 Å². The number of ether oxygens (including phenoxy) is 1. The molecule has 3 rings (SSSR count). The fourth-order valence-electron chi connectivity index (χ4n) is 2.61. The van der Waals surface area contributed by atoms with Gasteiger partial charge in [0.15, 0.2) is 5.78 Å². The van der Waals surface area contributed by atoms with Gasteiger partial charge in [-0.1, -0.05) is 12.1 Å². The second kappa shape index (κ2) is 7.98. The molecule has 1 aliphatic heterocycles. The lowest BCUT2D eigenvalue weighted by Gasteiger charge is -2.15. The Labute approximate surface area is 173 Å². The van der Waals surface area contributed by atoms with Gasteiger partial charge in [-0.05, 0) is 53.2 Å². The predicted octanol–water partition coefficient (Wildman–Crippen LogP) is 2.87. The van der Waals surface area contributed by atoms with E-state index in [-0.39, 0.29) is 22.6 Å². The molecule has 0 aliphatic carbocycles. The van der Waals surface area contributed by atoms with Crippen LogP contribution in [0.1, 0.15) is 22.2 Å². The van der Waals surface area contributed by atoms with E-state index in [1.165, 1.54) is 41.7 Å². The molecule has 1 aromatic carbocycles. The highest BCUT2D eigenvalue weighted by Gasteiger charge is 2.42. The quantitative estimate of drug-likeness (QED) is 0.271. The number of fused-ring (bicyclic) bond motifs is 1. The molecule has 2 aromatic rings. The lowest BCUT2D eigenvalue weighted by Crippen LogP contribution is -2.36. The predicted molar refractivity (Wildman–Crippen MR) is 106 cm³/mol. The minimum absolute atomic E-state index is 0.000785. The van der Waals surface area contributed by atoms with Gasteiger partial charge in [-0.25, -0.2) is 17.5 Å². The molecule has 0 radical (unpaired) electrons. The Bertz CT molecular complexity index is 1100. The molecular weight excluding hydrogens is 470 g/mol. The van der Waals surface area contributed by atoms with Crippen molar-refractivity contribution in [2.45, 2.75) is 11.8 Å². The number of thiophene rings is 1. The topological polar surface area (TPSA) is 97.8 Å². The van der Waals surface area contributed by atoms with E-state index < -0.39 is 34.2 Å². The van der Waals surface area contributed by atoms with Crippen molar-refractivity contribution in [1.82, 2.24) is 4.31 Å². The molecule has 0 fully saturated rings. The molecule has 2 heterocycles. The number of carbonyl (C=O) groups is 3. The number of ketones is 1. The van der Waals surface area contributed by atoms with Gasteiger partial charge in [0.25, 0.3) is 15.9 Å². The van der Waals surface area contributed by atoms with E-state index in [4.69, 9.17) is 4.74 Å². The first-order chi connectivity index (χ1) is 13.3. The molecule has 1 amide bonds. The summed E-state index contributed by atoms with van der Waals surface area (Å²) in [4.78, 5) is 38.0. The number of halogens is 1. The van der Waals surface area contributed by atoms with Crippen molar-refractivity contribution in [3.63, 3.8) is 0 Å². The number of Topliss-reactive ketones (excluding diaryl/α,β-unsaturated/α-hetero) is 1. The first-order valence-corrected chi connectivity index (χ1v) is 11.1. The number of hydrogen-bond acceptors (Lipinski definition) is 7. The highest BCUT2D eigenvalue weighted by molar-refractivity contribution is 9.11. The molecule has 146 valence electrons. The Kier molecular flexibility index (Phi) is 5.82. The molecule has 0 bridgehead atoms. The number of sulfonamides is 1. The van der Waals surface area contributed by atoms with E-state index in [2.05, 4.69) is 15.9 Å². The van der Waals surface area contributed by atoms with Crippen LogP contribution in [0, 0.1) is 0 Å². The monoisotopic (exact) mass is 483 g/mol. The van der Waals surface area contributed by atoms with Crippen LogP contribution in [0.15, 0.2) is 50.7 Å². The summed E-state index contributed by atoms with van der Waals surface area (Å²) in [5, 5.41) is 0. The van der Waals surface area contributed by atoms with Crippen LogP contribution in [-0.2, 0) is 24.3 Å². The van der Waals surface area contributed by atoms with Crippen LogP contribution in [0.5, 0.6) is 0 Å². The summed E-state index contributed by atoms with van der Waals surface area (Å²) in [5.41, 5.74) is -0.325. The van der Waals surface area contributed by atoms with Crippen LogP contribution >= 0.6 is 27.3 Å². The van der Waals surface area contributed by atoms with E-state index in [1.54, 1.807) is 19.1 Å². The maximum atomic E-state index is 12.8. The molecule has 28 heavy (non-hydrogen) atoms. The minimum atomic E-state index is -4.15. The third-order valence-corrected chi connectivity index (χ3v) is 7.23. The van der Waals surface area contributed by atoms with Gasteiger partial charge in [0, 0.05) is 4.88 Å². The molecule has 1 aromatic heterocycles. The summed E-state index contributed by atoms with van der Waals surface area (Å²) >= 11 is 4.58. The summed E-state index contributed by atoms with van der Waals surface area (Å²) < 4.78 is 31.4. The van der Waals surface area contributed by atoms with Crippen LogP contribution < -0.4 is 0 Å². The third-order valence-electron chi connectivity index (χ3n) is 3.88. The van der Waals surface area contributed by atoms with E-state index in [0.29, 0.717) is 9.18 Å². The van der Waals surface area contributed by atoms with Gasteiger partial charge < -0.3 is 4.74 Å². The molecule has 1 aliphatic rings. The Morgan fingerprint density at radius 1 is 1.21 bits per heavy atom. The second-order valence-corrected chi connectivity index (χ2v) is 9.98. The number of amides is 1. The van der Waals surface area contributed by atoms with Crippen molar-refractivity contribution >= 4 is 61.0 Å². The molecule has 0 saturated carbocycles. The molecule has 0 atom stereocenters. The highest BCUT2D eigenvalue weighted by atomic mass is 79.9. The molecule has 0 spiro atoms. The molecule has 0 N–H and O–H groups in total. The zero-order valence-electron chi connectivity index (χ0n) is 14.5. The van der Waals surface area contributed by atoms with Crippen LogP contribution in [0.2, 0.25) is 0 Å². The average molecular weight is 484 g/mol.